The zero-order chi connectivity index (χ0) is 10.7. The van der Waals surface area contributed by atoms with E-state index < -0.39 is 17.2 Å². The van der Waals surface area contributed by atoms with Crippen LogP contribution in [-0.2, 0) is 0 Å². The predicted molar refractivity (Wildman–Crippen MR) is 51.5 cm³/mol. The lowest BCUT2D eigenvalue weighted by atomic mass is 9.86. The van der Waals surface area contributed by atoms with Crippen LogP contribution in [0.2, 0.25) is 0 Å². The molecule has 0 radical (unpaired) electrons. The molecule has 0 aliphatic rings. The average molecular weight is 191 g/mol. The van der Waals surface area contributed by atoms with Gasteiger partial charge in [0.1, 0.15) is 0 Å². The molecule has 0 aromatic carbocycles. The maximum atomic E-state index is 9.72. The summed E-state index contributed by atoms with van der Waals surface area (Å²) in [6.07, 6.45) is -0.776. The van der Waals surface area contributed by atoms with Crippen molar-refractivity contribution in [1.82, 2.24) is 5.32 Å². The molecule has 0 saturated carbocycles. The van der Waals surface area contributed by atoms with Crippen molar-refractivity contribution in [3.63, 3.8) is 0 Å². The number of hydrogen-bond donors (Lipinski definition) is 4. The Balaban J connectivity index is 4.04. The van der Waals surface area contributed by atoms with Crippen LogP contribution in [0.3, 0.4) is 0 Å². The number of rotatable bonds is 5. The lowest BCUT2D eigenvalue weighted by molar-refractivity contribution is -0.0128. The van der Waals surface area contributed by atoms with Crippen molar-refractivity contribution >= 4 is 0 Å². The van der Waals surface area contributed by atoms with E-state index >= 15 is 0 Å². The van der Waals surface area contributed by atoms with Crippen LogP contribution < -0.4 is 5.32 Å². The van der Waals surface area contributed by atoms with Crippen LogP contribution in [0, 0.1) is 0 Å². The molecule has 13 heavy (non-hydrogen) atoms. The van der Waals surface area contributed by atoms with Gasteiger partial charge in [-0.2, -0.15) is 0 Å². The molecule has 4 nitrogen and oxygen atoms in total. The van der Waals surface area contributed by atoms with Crippen LogP contribution >= 0.6 is 0 Å². The smallest absolute Gasteiger partial charge is 0.0895 e. The van der Waals surface area contributed by atoms with E-state index in [4.69, 9.17) is 10.2 Å². The molecule has 0 bridgehead atoms. The van der Waals surface area contributed by atoms with Crippen LogP contribution in [0.1, 0.15) is 27.7 Å². The zero-order valence-corrected chi connectivity index (χ0v) is 8.83. The summed E-state index contributed by atoms with van der Waals surface area (Å²) in [5, 5.41) is 30.4. The summed E-state index contributed by atoms with van der Waals surface area (Å²) in [5.41, 5.74) is -1.37. The summed E-state index contributed by atoms with van der Waals surface area (Å²) in [7, 11) is 0. The van der Waals surface area contributed by atoms with Gasteiger partial charge in [-0.25, -0.2) is 0 Å². The number of nitrogens with one attached hydrogen (secondary N) is 1. The van der Waals surface area contributed by atoms with Gasteiger partial charge >= 0.3 is 0 Å². The van der Waals surface area contributed by atoms with Crippen LogP contribution in [0.4, 0.5) is 0 Å². The summed E-state index contributed by atoms with van der Waals surface area (Å²) in [4.78, 5) is 0. The second kappa shape index (κ2) is 4.37. The molecule has 0 rings (SSSR count). The van der Waals surface area contributed by atoms with E-state index in [1.54, 1.807) is 13.8 Å². The van der Waals surface area contributed by atoms with Crippen molar-refractivity contribution < 1.29 is 15.3 Å². The highest BCUT2D eigenvalue weighted by Gasteiger charge is 2.34. The zero-order valence-electron chi connectivity index (χ0n) is 8.83. The van der Waals surface area contributed by atoms with Gasteiger partial charge < -0.3 is 20.6 Å². The Labute approximate surface area is 79.6 Å². The Hall–Kier alpha value is -0.160. The first-order valence-electron chi connectivity index (χ1n) is 4.47. The van der Waals surface area contributed by atoms with Crippen molar-refractivity contribution in [2.45, 2.75) is 44.9 Å². The average Bonchev–Trinajstić information content (AvgIpc) is 1.98. The Kier molecular flexibility index (Phi) is 4.32. The molecule has 0 saturated heterocycles. The van der Waals surface area contributed by atoms with Gasteiger partial charge in [0.25, 0.3) is 0 Å². The van der Waals surface area contributed by atoms with Crippen molar-refractivity contribution in [2.75, 3.05) is 13.2 Å². The standard InChI is InChI=1S/C9H21NO3/c1-8(2,9(3,4)13)10-5-7(12)6-11/h7,10-13H,5-6H2,1-4H3/t7-/m0/s1. The van der Waals surface area contributed by atoms with E-state index in [1.807, 2.05) is 13.8 Å². The highest BCUT2D eigenvalue weighted by Crippen LogP contribution is 2.20. The molecule has 0 aromatic rings. The second-order valence-corrected chi connectivity index (χ2v) is 4.40. The normalized spacial score (nSPS) is 15.9. The summed E-state index contributed by atoms with van der Waals surface area (Å²) in [5.74, 6) is 0. The molecule has 0 heterocycles. The monoisotopic (exact) mass is 191 g/mol. The molecular formula is C9H21NO3. The van der Waals surface area contributed by atoms with Crippen molar-refractivity contribution in [3.8, 4) is 0 Å². The molecule has 80 valence electrons. The van der Waals surface area contributed by atoms with Crippen LogP contribution in [-0.4, -0.2) is 45.7 Å². The largest absolute Gasteiger partial charge is 0.394 e. The minimum Gasteiger partial charge on any atom is -0.394 e. The van der Waals surface area contributed by atoms with Gasteiger partial charge in [0.15, 0.2) is 0 Å². The van der Waals surface area contributed by atoms with Gasteiger partial charge in [-0.05, 0) is 27.7 Å². The van der Waals surface area contributed by atoms with E-state index in [-0.39, 0.29) is 13.2 Å². The third-order valence-electron chi connectivity index (χ3n) is 2.52. The van der Waals surface area contributed by atoms with Crippen molar-refractivity contribution in [1.29, 1.82) is 0 Å². The minimum absolute atomic E-state index is 0.269. The molecule has 0 fully saturated rings. The first-order chi connectivity index (χ1) is 5.70. The third kappa shape index (κ3) is 4.04. The van der Waals surface area contributed by atoms with Crippen molar-refractivity contribution in [2.24, 2.45) is 0 Å². The lowest BCUT2D eigenvalue weighted by Crippen LogP contribution is -2.57. The van der Waals surface area contributed by atoms with E-state index in [0.29, 0.717) is 0 Å². The van der Waals surface area contributed by atoms with E-state index in [2.05, 4.69) is 5.32 Å². The molecule has 0 aliphatic heterocycles. The van der Waals surface area contributed by atoms with E-state index in [9.17, 15) is 5.11 Å². The molecule has 0 unspecified atom stereocenters. The molecule has 0 aromatic heterocycles. The molecule has 0 spiro atoms. The second-order valence-electron chi connectivity index (χ2n) is 4.40. The molecule has 0 amide bonds. The Morgan fingerprint density at radius 3 is 2.00 bits per heavy atom. The Morgan fingerprint density at radius 2 is 1.69 bits per heavy atom. The molecule has 4 N–H and O–H groups in total. The van der Waals surface area contributed by atoms with Crippen LogP contribution in [0.15, 0.2) is 0 Å². The molecule has 4 heteroatoms. The molecule has 0 aliphatic carbocycles. The number of β-amino-alcohol motifs (C(OH)–C–C–N with tert-alkyl or cyclic N) is 1. The van der Waals surface area contributed by atoms with Crippen LogP contribution in [0.5, 0.6) is 0 Å². The molecule has 1 atom stereocenters. The van der Waals surface area contributed by atoms with E-state index in [1.165, 1.54) is 0 Å². The Bertz CT molecular complexity index is 151. The number of aliphatic hydroxyl groups excluding tert-OH is 2. The summed E-state index contributed by atoms with van der Waals surface area (Å²) in [6.45, 7) is 7.09. The lowest BCUT2D eigenvalue weighted by Gasteiger charge is -2.38. The first kappa shape index (κ1) is 12.8. The van der Waals surface area contributed by atoms with Crippen LogP contribution in [0.25, 0.3) is 0 Å². The van der Waals surface area contributed by atoms with Crippen molar-refractivity contribution in [3.05, 3.63) is 0 Å². The van der Waals surface area contributed by atoms with Gasteiger partial charge in [-0.3, -0.25) is 0 Å². The predicted octanol–water partition coefficient (Wildman–Crippen LogP) is -0.521. The quantitative estimate of drug-likeness (QED) is 0.472. The fourth-order valence-electron chi connectivity index (χ4n) is 0.654. The summed E-state index contributed by atoms with van der Waals surface area (Å²) >= 11 is 0. The molecular weight excluding hydrogens is 170 g/mol. The maximum Gasteiger partial charge on any atom is 0.0895 e. The number of aliphatic hydroxyl groups is 3. The fourth-order valence-corrected chi connectivity index (χ4v) is 0.654. The van der Waals surface area contributed by atoms with Gasteiger partial charge in [0, 0.05) is 12.1 Å². The Morgan fingerprint density at radius 1 is 1.23 bits per heavy atom. The van der Waals surface area contributed by atoms with Gasteiger partial charge in [0.05, 0.1) is 18.3 Å². The number of hydrogen-bond acceptors (Lipinski definition) is 4. The van der Waals surface area contributed by atoms with E-state index in [0.717, 1.165) is 0 Å². The SMILES string of the molecule is CC(C)(O)C(C)(C)NC[C@H](O)CO. The maximum absolute atomic E-state index is 9.72. The minimum atomic E-state index is -0.873. The fraction of sp³-hybridized carbons (Fsp3) is 1.00. The summed E-state index contributed by atoms with van der Waals surface area (Å²) < 4.78 is 0. The van der Waals surface area contributed by atoms with Gasteiger partial charge in [-0.15, -0.1) is 0 Å². The highest BCUT2D eigenvalue weighted by molar-refractivity contribution is 4.93. The summed E-state index contributed by atoms with van der Waals surface area (Å²) in [6, 6.07) is 0. The third-order valence-corrected chi connectivity index (χ3v) is 2.52. The first-order valence-corrected chi connectivity index (χ1v) is 4.47. The van der Waals surface area contributed by atoms with Gasteiger partial charge in [0.2, 0.25) is 0 Å². The topological polar surface area (TPSA) is 72.7 Å². The van der Waals surface area contributed by atoms with Gasteiger partial charge in [-0.1, -0.05) is 0 Å². The highest BCUT2D eigenvalue weighted by atomic mass is 16.3.